The van der Waals surface area contributed by atoms with Crippen molar-refractivity contribution in [3.8, 4) is 17.5 Å². The van der Waals surface area contributed by atoms with Crippen molar-refractivity contribution in [1.82, 2.24) is 19.3 Å². The molecule has 0 bridgehead atoms. The molecule has 132 valence electrons. The van der Waals surface area contributed by atoms with E-state index in [4.69, 9.17) is 9.78 Å². The van der Waals surface area contributed by atoms with Gasteiger partial charge < -0.3 is 4.52 Å². The van der Waals surface area contributed by atoms with E-state index in [2.05, 4.69) is 10.1 Å². The van der Waals surface area contributed by atoms with Gasteiger partial charge in [0.15, 0.2) is 0 Å². The van der Waals surface area contributed by atoms with Gasteiger partial charge in [-0.1, -0.05) is 17.3 Å². The van der Waals surface area contributed by atoms with E-state index in [1.165, 1.54) is 16.8 Å². The first kappa shape index (κ1) is 17.3. The number of rotatable bonds is 4. The van der Waals surface area contributed by atoms with Crippen LogP contribution in [0, 0.1) is 24.1 Å². The van der Waals surface area contributed by atoms with Gasteiger partial charge in [-0.3, -0.25) is 9.36 Å². The molecule has 0 saturated carbocycles. The lowest BCUT2D eigenvalue weighted by atomic mass is 10.1. The van der Waals surface area contributed by atoms with Gasteiger partial charge in [0.05, 0.1) is 0 Å². The van der Waals surface area contributed by atoms with Crippen LogP contribution in [0.1, 0.15) is 23.9 Å². The van der Waals surface area contributed by atoms with Gasteiger partial charge in [-0.25, -0.2) is 13.8 Å². The number of benzene rings is 1. The van der Waals surface area contributed by atoms with E-state index in [0.717, 1.165) is 4.57 Å². The third-order valence-electron chi connectivity index (χ3n) is 3.89. The van der Waals surface area contributed by atoms with Crippen LogP contribution in [-0.2, 0) is 13.1 Å². The SMILES string of the molecule is CCn1cc(C#N)c(=O)n(Cc2nc(-c3ccc(C)c(F)c3)no2)c1=O. The highest BCUT2D eigenvalue weighted by atomic mass is 19.1. The van der Waals surface area contributed by atoms with Crippen molar-refractivity contribution in [3.05, 3.63) is 68.1 Å². The molecule has 2 aromatic heterocycles. The number of aromatic nitrogens is 4. The minimum absolute atomic E-state index is 0.00192. The van der Waals surface area contributed by atoms with Gasteiger partial charge in [-0.2, -0.15) is 10.2 Å². The van der Waals surface area contributed by atoms with E-state index in [1.54, 1.807) is 32.0 Å². The standard InChI is InChI=1S/C17H14FN5O3/c1-3-22-8-12(7-19)16(24)23(17(22)25)9-14-20-15(21-26-14)11-5-4-10(2)13(18)6-11/h4-6,8H,3,9H2,1-2H3. The molecule has 0 N–H and O–H groups in total. The number of aryl methyl sites for hydroxylation is 2. The molecule has 0 radical (unpaired) electrons. The number of halogens is 1. The van der Waals surface area contributed by atoms with Crippen molar-refractivity contribution in [2.24, 2.45) is 0 Å². The van der Waals surface area contributed by atoms with Crippen LogP contribution >= 0.6 is 0 Å². The van der Waals surface area contributed by atoms with E-state index in [9.17, 15) is 14.0 Å². The fraction of sp³-hybridized carbons (Fsp3) is 0.235. The summed E-state index contributed by atoms with van der Waals surface area (Å²) in [6.07, 6.45) is 1.22. The highest BCUT2D eigenvalue weighted by Gasteiger charge is 2.15. The zero-order valence-corrected chi connectivity index (χ0v) is 14.1. The summed E-state index contributed by atoms with van der Waals surface area (Å²) in [6, 6.07) is 6.26. The summed E-state index contributed by atoms with van der Waals surface area (Å²) in [4.78, 5) is 28.7. The molecule has 3 aromatic rings. The molecule has 0 aliphatic carbocycles. The molecule has 1 aromatic carbocycles. The maximum absolute atomic E-state index is 13.7. The third-order valence-corrected chi connectivity index (χ3v) is 3.89. The molecule has 3 rings (SSSR count). The Morgan fingerprint density at radius 2 is 2.12 bits per heavy atom. The molecule has 9 heteroatoms. The first-order chi connectivity index (χ1) is 12.4. The van der Waals surface area contributed by atoms with Gasteiger partial charge in [0.1, 0.15) is 24.0 Å². The molecule has 0 amide bonds. The number of hydrogen-bond acceptors (Lipinski definition) is 6. The smallest absolute Gasteiger partial charge is 0.331 e. The Morgan fingerprint density at radius 1 is 1.35 bits per heavy atom. The maximum atomic E-state index is 13.7. The van der Waals surface area contributed by atoms with Crippen molar-refractivity contribution in [2.75, 3.05) is 0 Å². The molecule has 8 nitrogen and oxygen atoms in total. The summed E-state index contributed by atoms with van der Waals surface area (Å²) in [7, 11) is 0. The normalized spacial score (nSPS) is 10.7. The van der Waals surface area contributed by atoms with Crippen LogP contribution in [0.3, 0.4) is 0 Å². The van der Waals surface area contributed by atoms with Gasteiger partial charge in [0.2, 0.25) is 11.7 Å². The van der Waals surface area contributed by atoms with Gasteiger partial charge in [-0.05, 0) is 25.5 Å². The van der Waals surface area contributed by atoms with Crippen LogP contribution < -0.4 is 11.2 Å². The minimum atomic E-state index is -0.733. The van der Waals surface area contributed by atoms with E-state index < -0.39 is 17.1 Å². The van der Waals surface area contributed by atoms with Gasteiger partial charge in [0, 0.05) is 18.3 Å². The molecule has 0 atom stereocenters. The van der Waals surface area contributed by atoms with Crippen LogP contribution in [0.4, 0.5) is 4.39 Å². The van der Waals surface area contributed by atoms with Crippen LogP contribution in [0.15, 0.2) is 38.5 Å². The van der Waals surface area contributed by atoms with Crippen LogP contribution in [0.2, 0.25) is 0 Å². The van der Waals surface area contributed by atoms with Gasteiger partial charge >= 0.3 is 5.69 Å². The Bertz CT molecular complexity index is 1140. The summed E-state index contributed by atoms with van der Waals surface area (Å²) >= 11 is 0. The lowest BCUT2D eigenvalue weighted by molar-refractivity contribution is 0.365. The highest BCUT2D eigenvalue weighted by Crippen LogP contribution is 2.19. The van der Waals surface area contributed by atoms with Crippen molar-refractivity contribution in [3.63, 3.8) is 0 Å². The number of hydrogen-bond donors (Lipinski definition) is 0. The Morgan fingerprint density at radius 3 is 2.77 bits per heavy atom. The molecule has 0 unspecified atom stereocenters. The van der Waals surface area contributed by atoms with Crippen LogP contribution in [0.5, 0.6) is 0 Å². The predicted octanol–water partition coefficient (Wildman–Crippen LogP) is 1.45. The summed E-state index contributed by atoms with van der Waals surface area (Å²) in [5.74, 6) is -0.269. The second kappa shape index (κ2) is 6.76. The van der Waals surface area contributed by atoms with Crippen molar-refractivity contribution >= 4 is 0 Å². The Labute approximate surface area is 146 Å². The second-order valence-corrected chi connectivity index (χ2v) is 5.59. The van der Waals surface area contributed by atoms with Crippen molar-refractivity contribution < 1.29 is 8.91 Å². The molecular weight excluding hydrogens is 341 g/mol. The van der Waals surface area contributed by atoms with E-state index >= 15 is 0 Å². The molecule has 0 spiro atoms. The lowest BCUT2D eigenvalue weighted by Crippen LogP contribution is -2.41. The van der Waals surface area contributed by atoms with Crippen molar-refractivity contribution in [1.29, 1.82) is 5.26 Å². The molecule has 0 saturated heterocycles. The molecule has 0 aliphatic rings. The summed E-state index contributed by atoms with van der Waals surface area (Å²) in [6.45, 7) is 3.36. The highest BCUT2D eigenvalue weighted by molar-refractivity contribution is 5.54. The fourth-order valence-electron chi connectivity index (χ4n) is 2.40. The summed E-state index contributed by atoms with van der Waals surface area (Å²) in [5.41, 5.74) is -0.586. The van der Waals surface area contributed by atoms with E-state index in [0.29, 0.717) is 17.7 Å². The van der Waals surface area contributed by atoms with Gasteiger partial charge in [0.25, 0.3) is 5.56 Å². The predicted molar refractivity (Wildman–Crippen MR) is 88.9 cm³/mol. The molecule has 2 heterocycles. The minimum Gasteiger partial charge on any atom is -0.337 e. The monoisotopic (exact) mass is 355 g/mol. The first-order valence-corrected chi connectivity index (χ1v) is 7.78. The topological polar surface area (TPSA) is 107 Å². The Balaban J connectivity index is 2.00. The Kier molecular flexibility index (Phi) is 4.49. The first-order valence-electron chi connectivity index (χ1n) is 7.78. The summed E-state index contributed by atoms with van der Waals surface area (Å²) < 4.78 is 20.9. The maximum Gasteiger partial charge on any atom is 0.331 e. The average molecular weight is 355 g/mol. The largest absolute Gasteiger partial charge is 0.337 e. The van der Waals surface area contributed by atoms with Gasteiger partial charge in [-0.15, -0.1) is 0 Å². The zero-order valence-electron chi connectivity index (χ0n) is 14.1. The second-order valence-electron chi connectivity index (χ2n) is 5.59. The average Bonchev–Trinajstić information content (AvgIpc) is 3.10. The third kappa shape index (κ3) is 3.04. The Hall–Kier alpha value is -3.54. The molecule has 26 heavy (non-hydrogen) atoms. The fourth-order valence-corrected chi connectivity index (χ4v) is 2.40. The van der Waals surface area contributed by atoms with Crippen LogP contribution in [0.25, 0.3) is 11.4 Å². The quantitative estimate of drug-likeness (QED) is 0.701. The molecular formula is C17H14FN5O3. The molecule has 0 aliphatic heterocycles. The van der Waals surface area contributed by atoms with E-state index in [1.807, 2.05) is 0 Å². The lowest BCUT2D eigenvalue weighted by Gasteiger charge is -2.07. The number of nitrogens with zero attached hydrogens (tertiary/aromatic N) is 5. The van der Waals surface area contributed by atoms with Crippen molar-refractivity contribution in [2.45, 2.75) is 26.9 Å². The number of nitriles is 1. The van der Waals surface area contributed by atoms with E-state index in [-0.39, 0.29) is 23.8 Å². The molecule has 0 fully saturated rings. The zero-order chi connectivity index (χ0) is 18.8. The summed E-state index contributed by atoms with van der Waals surface area (Å²) in [5, 5.41) is 12.8. The van der Waals surface area contributed by atoms with Crippen LogP contribution in [-0.4, -0.2) is 19.3 Å².